The van der Waals surface area contributed by atoms with Crippen LogP contribution in [0.15, 0.2) is 39.9 Å². The molecule has 2 aromatic rings. The predicted molar refractivity (Wildman–Crippen MR) is 62.9 cm³/mol. The number of aromatic nitrogens is 2. The molecule has 0 unspecified atom stereocenters. The third-order valence-corrected chi connectivity index (χ3v) is 2.86. The molecule has 0 saturated carbocycles. The molecule has 3 nitrogen and oxygen atoms in total. The van der Waals surface area contributed by atoms with E-state index < -0.39 is 0 Å². The summed E-state index contributed by atoms with van der Waals surface area (Å²) in [6.45, 7) is 0.241. The van der Waals surface area contributed by atoms with Crippen LogP contribution in [0.1, 0.15) is 5.56 Å². The van der Waals surface area contributed by atoms with Crippen LogP contribution in [-0.4, -0.2) is 9.13 Å². The van der Waals surface area contributed by atoms with Crippen LogP contribution in [0.3, 0.4) is 0 Å². The van der Waals surface area contributed by atoms with E-state index in [1.807, 2.05) is 0 Å². The maximum absolute atomic E-state index is 13.5. The largest absolute Gasteiger partial charge is 0.328 e. The Balaban J connectivity index is 2.37. The van der Waals surface area contributed by atoms with E-state index in [0.717, 1.165) is 4.47 Å². The quantitative estimate of drug-likeness (QED) is 0.830. The molecule has 0 aliphatic carbocycles. The van der Waals surface area contributed by atoms with Crippen molar-refractivity contribution in [2.24, 2.45) is 7.05 Å². The van der Waals surface area contributed by atoms with Gasteiger partial charge in [0.1, 0.15) is 5.82 Å². The average molecular weight is 285 g/mol. The van der Waals surface area contributed by atoms with Crippen molar-refractivity contribution < 1.29 is 4.39 Å². The number of nitrogens with zero attached hydrogens (tertiary/aromatic N) is 2. The van der Waals surface area contributed by atoms with Crippen molar-refractivity contribution >= 4 is 15.9 Å². The van der Waals surface area contributed by atoms with Crippen LogP contribution < -0.4 is 5.69 Å². The highest BCUT2D eigenvalue weighted by Gasteiger charge is 2.06. The molecule has 0 amide bonds. The van der Waals surface area contributed by atoms with E-state index in [4.69, 9.17) is 0 Å². The highest BCUT2D eigenvalue weighted by Crippen LogP contribution is 2.16. The van der Waals surface area contributed by atoms with Gasteiger partial charge < -0.3 is 4.57 Å². The first-order valence-electron chi connectivity index (χ1n) is 4.73. The van der Waals surface area contributed by atoms with Gasteiger partial charge in [0.15, 0.2) is 0 Å². The fourth-order valence-corrected chi connectivity index (χ4v) is 1.89. The molecule has 0 bridgehead atoms. The summed E-state index contributed by atoms with van der Waals surface area (Å²) in [5.74, 6) is -0.307. The van der Waals surface area contributed by atoms with Crippen LogP contribution in [0.2, 0.25) is 0 Å². The Morgan fingerprint density at radius 3 is 2.75 bits per heavy atom. The van der Waals surface area contributed by atoms with Crippen molar-refractivity contribution in [2.45, 2.75) is 6.54 Å². The molecule has 16 heavy (non-hydrogen) atoms. The lowest BCUT2D eigenvalue weighted by Gasteiger charge is -2.04. The Bertz CT molecular complexity index is 574. The number of halogens is 2. The molecular formula is C11H10BrFN2O. The fourth-order valence-electron chi connectivity index (χ4n) is 1.48. The molecule has 0 aliphatic rings. The van der Waals surface area contributed by atoms with Gasteiger partial charge in [-0.25, -0.2) is 9.18 Å². The zero-order valence-corrected chi connectivity index (χ0v) is 10.2. The summed E-state index contributed by atoms with van der Waals surface area (Å²) in [5.41, 5.74) is 0.335. The van der Waals surface area contributed by atoms with E-state index >= 15 is 0 Å². The zero-order valence-electron chi connectivity index (χ0n) is 8.65. The van der Waals surface area contributed by atoms with Crippen LogP contribution in [0.5, 0.6) is 0 Å². The number of hydrogen-bond donors (Lipinski definition) is 0. The van der Waals surface area contributed by atoms with Crippen molar-refractivity contribution in [3.63, 3.8) is 0 Å². The first kappa shape index (κ1) is 11.1. The number of rotatable bonds is 2. The minimum absolute atomic E-state index is 0.153. The normalized spacial score (nSPS) is 10.7. The van der Waals surface area contributed by atoms with Crippen molar-refractivity contribution in [1.82, 2.24) is 9.13 Å². The lowest BCUT2D eigenvalue weighted by molar-refractivity contribution is 0.593. The minimum Gasteiger partial charge on any atom is -0.302 e. The zero-order chi connectivity index (χ0) is 11.7. The predicted octanol–water partition coefficient (Wildman–Crippen LogP) is 2.14. The number of benzene rings is 1. The second-order valence-corrected chi connectivity index (χ2v) is 4.47. The molecule has 1 heterocycles. The van der Waals surface area contributed by atoms with Crippen LogP contribution >= 0.6 is 15.9 Å². The first-order valence-corrected chi connectivity index (χ1v) is 5.53. The fraction of sp³-hybridized carbons (Fsp3) is 0.182. The van der Waals surface area contributed by atoms with Gasteiger partial charge in [-0.15, -0.1) is 0 Å². The van der Waals surface area contributed by atoms with Gasteiger partial charge in [0, 0.05) is 29.5 Å². The van der Waals surface area contributed by atoms with Crippen molar-refractivity contribution in [3.05, 3.63) is 56.9 Å². The third-order valence-electron chi connectivity index (χ3n) is 2.37. The molecule has 0 saturated heterocycles. The molecule has 0 aliphatic heterocycles. The van der Waals surface area contributed by atoms with Gasteiger partial charge in [-0.05, 0) is 18.2 Å². The molecule has 0 fully saturated rings. The summed E-state index contributed by atoms with van der Waals surface area (Å²) in [5, 5.41) is 0. The van der Waals surface area contributed by atoms with E-state index in [-0.39, 0.29) is 18.1 Å². The topological polar surface area (TPSA) is 26.9 Å². The smallest absolute Gasteiger partial charge is 0.302 e. The van der Waals surface area contributed by atoms with Gasteiger partial charge >= 0.3 is 5.69 Å². The molecular weight excluding hydrogens is 275 g/mol. The Morgan fingerprint density at radius 1 is 1.38 bits per heavy atom. The van der Waals surface area contributed by atoms with Gasteiger partial charge in [0.2, 0.25) is 0 Å². The van der Waals surface area contributed by atoms with Crippen LogP contribution in [0.4, 0.5) is 4.39 Å². The van der Waals surface area contributed by atoms with E-state index in [0.29, 0.717) is 5.56 Å². The van der Waals surface area contributed by atoms with E-state index in [2.05, 4.69) is 15.9 Å². The Morgan fingerprint density at radius 2 is 2.12 bits per heavy atom. The first-order chi connectivity index (χ1) is 7.58. The summed E-state index contributed by atoms with van der Waals surface area (Å²) in [7, 11) is 1.66. The van der Waals surface area contributed by atoms with E-state index in [1.54, 1.807) is 31.6 Å². The molecule has 0 radical (unpaired) electrons. The highest BCUT2D eigenvalue weighted by atomic mass is 79.9. The van der Waals surface area contributed by atoms with Crippen LogP contribution in [0, 0.1) is 5.82 Å². The lowest BCUT2D eigenvalue weighted by atomic mass is 10.2. The highest BCUT2D eigenvalue weighted by molar-refractivity contribution is 9.10. The average Bonchev–Trinajstić information content (AvgIpc) is 2.55. The summed E-state index contributed by atoms with van der Waals surface area (Å²) in [6, 6.07) is 4.69. The van der Waals surface area contributed by atoms with Crippen molar-refractivity contribution in [1.29, 1.82) is 0 Å². The lowest BCUT2D eigenvalue weighted by Crippen LogP contribution is -2.22. The Labute approximate surface area is 100 Å². The van der Waals surface area contributed by atoms with E-state index in [9.17, 15) is 9.18 Å². The van der Waals surface area contributed by atoms with Gasteiger partial charge in [-0.3, -0.25) is 4.57 Å². The summed E-state index contributed by atoms with van der Waals surface area (Å²) >= 11 is 3.27. The summed E-state index contributed by atoms with van der Waals surface area (Å²) < 4.78 is 17.2. The second kappa shape index (κ2) is 4.25. The molecule has 0 N–H and O–H groups in total. The molecule has 1 aromatic heterocycles. The maximum Gasteiger partial charge on any atom is 0.328 e. The van der Waals surface area contributed by atoms with Gasteiger partial charge in [-0.1, -0.05) is 15.9 Å². The summed E-state index contributed by atoms with van der Waals surface area (Å²) in [4.78, 5) is 11.6. The summed E-state index contributed by atoms with van der Waals surface area (Å²) in [6.07, 6.45) is 3.29. The molecule has 2 rings (SSSR count). The van der Waals surface area contributed by atoms with Crippen molar-refractivity contribution in [2.75, 3.05) is 0 Å². The Kier molecular flexibility index (Phi) is 2.96. The third kappa shape index (κ3) is 2.09. The molecule has 1 aromatic carbocycles. The van der Waals surface area contributed by atoms with Gasteiger partial charge in [0.05, 0.1) is 6.54 Å². The minimum atomic E-state index is -0.307. The SMILES string of the molecule is Cn1ccn(Cc2cc(Br)ccc2F)c1=O. The molecule has 5 heteroatoms. The number of imidazole rings is 1. The van der Waals surface area contributed by atoms with Gasteiger partial charge in [-0.2, -0.15) is 0 Å². The monoisotopic (exact) mass is 284 g/mol. The molecule has 0 spiro atoms. The number of hydrogen-bond acceptors (Lipinski definition) is 1. The van der Waals surface area contributed by atoms with Crippen LogP contribution in [0.25, 0.3) is 0 Å². The van der Waals surface area contributed by atoms with Gasteiger partial charge in [0.25, 0.3) is 0 Å². The van der Waals surface area contributed by atoms with Crippen LogP contribution in [-0.2, 0) is 13.6 Å². The standard InChI is InChI=1S/C11H10BrFN2O/c1-14-4-5-15(11(14)16)7-8-6-9(12)2-3-10(8)13/h2-6H,7H2,1H3. The van der Waals surface area contributed by atoms with Crippen molar-refractivity contribution in [3.8, 4) is 0 Å². The molecule has 0 atom stereocenters. The molecule has 84 valence electrons. The maximum atomic E-state index is 13.5. The Hall–Kier alpha value is -1.36. The number of aryl methyl sites for hydroxylation is 1. The second-order valence-electron chi connectivity index (χ2n) is 3.56. The van der Waals surface area contributed by atoms with E-state index in [1.165, 1.54) is 15.2 Å².